The Kier molecular flexibility index (Phi) is 9.71. The van der Waals surface area contributed by atoms with Crippen LogP contribution in [0.3, 0.4) is 0 Å². The third-order valence-corrected chi connectivity index (χ3v) is 1.99. The Morgan fingerprint density at radius 3 is 2.27 bits per heavy atom. The van der Waals surface area contributed by atoms with Gasteiger partial charge in [0.05, 0.1) is 13.2 Å². The second-order valence-electron chi connectivity index (χ2n) is 1.64. The first-order valence-corrected chi connectivity index (χ1v) is 5.38. The van der Waals surface area contributed by atoms with Crippen LogP contribution in [0.1, 0.15) is 6.42 Å². The molecule has 0 fully saturated rings. The zero-order valence-corrected chi connectivity index (χ0v) is 8.41. The van der Waals surface area contributed by atoms with E-state index < -0.39 is 8.60 Å². The lowest BCUT2D eigenvalue weighted by atomic mass is 10.5. The third-order valence-electron chi connectivity index (χ3n) is 0.759. The normalized spacial score (nSPS) is 13.4. The van der Waals surface area contributed by atoms with Gasteiger partial charge < -0.3 is 13.9 Å². The molecule has 1 unspecified atom stereocenters. The van der Waals surface area contributed by atoms with E-state index >= 15 is 0 Å². The zero-order chi connectivity index (χ0) is 8.53. The van der Waals surface area contributed by atoms with Crippen LogP contribution in [-0.4, -0.2) is 29.9 Å². The molecule has 0 rings (SSSR count). The fourth-order valence-electron chi connectivity index (χ4n) is 0.347. The molecule has 3 nitrogen and oxygen atoms in total. The van der Waals surface area contributed by atoms with Crippen molar-refractivity contribution in [1.29, 1.82) is 0 Å². The van der Waals surface area contributed by atoms with Gasteiger partial charge in [-0.15, -0.1) is 23.2 Å². The van der Waals surface area contributed by atoms with Crippen molar-refractivity contribution in [3.8, 4) is 0 Å². The molecule has 0 aliphatic rings. The topological polar surface area (TPSA) is 38.7 Å². The molecule has 1 atom stereocenters. The Balaban J connectivity index is 3.02. The van der Waals surface area contributed by atoms with E-state index in [0.29, 0.717) is 31.4 Å². The number of alkyl halides is 2. The number of hydrogen-bond acceptors (Lipinski definition) is 3. The average molecular weight is 221 g/mol. The van der Waals surface area contributed by atoms with Gasteiger partial charge in [-0.2, -0.15) is 0 Å². The lowest BCUT2D eigenvalue weighted by Crippen LogP contribution is -1.95. The predicted octanol–water partition coefficient (Wildman–Crippen LogP) is 2.11. The highest BCUT2D eigenvalue weighted by molar-refractivity contribution is 7.40. The summed E-state index contributed by atoms with van der Waals surface area (Å²) in [6.45, 7) is 0.735. The second kappa shape index (κ2) is 8.98. The van der Waals surface area contributed by atoms with Gasteiger partial charge in [0.15, 0.2) is 0 Å². The number of halogens is 2. The summed E-state index contributed by atoms with van der Waals surface area (Å²) in [5.41, 5.74) is 0. The lowest BCUT2D eigenvalue weighted by Gasteiger charge is -2.08. The molecule has 0 heterocycles. The smallest absolute Gasteiger partial charge is 0.328 e. The van der Waals surface area contributed by atoms with Gasteiger partial charge in [0.2, 0.25) is 0 Å². The van der Waals surface area contributed by atoms with Crippen LogP contribution >= 0.6 is 31.8 Å². The molecule has 0 spiro atoms. The molecule has 11 heavy (non-hydrogen) atoms. The molecule has 0 aromatic carbocycles. The SMILES string of the molecule is OP(OCCCl)OCCCCl. The van der Waals surface area contributed by atoms with Gasteiger partial charge in [0.1, 0.15) is 0 Å². The highest BCUT2D eigenvalue weighted by Crippen LogP contribution is 2.32. The van der Waals surface area contributed by atoms with Crippen LogP contribution in [0.4, 0.5) is 0 Å². The maximum absolute atomic E-state index is 8.93. The first kappa shape index (κ1) is 11.9. The van der Waals surface area contributed by atoms with Crippen LogP contribution in [0, 0.1) is 0 Å². The van der Waals surface area contributed by atoms with Crippen molar-refractivity contribution in [2.75, 3.05) is 25.0 Å². The van der Waals surface area contributed by atoms with Crippen molar-refractivity contribution < 1.29 is 13.9 Å². The highest BCUT2D eigenvalue weighted by atomic mass is 35.5. The van der Waals surface area contributed by atoms with E-state index in [1.165, 1.54) is 0 Å². The molecular formula is C5H11Cl2O3P. The highest BCUT2D eigenvalue weighted by Gasteiger charge is 2.04. The van der Waals surface area contributed by atoms with Crippen molar-refractivity contribution in [2.45, 2.75) is 6.42 Å². The Morgan fingerprint density at radius 1 is 1.09 bits per heavy atom. The minimum Gasteiger partial charge on any atom is -0.328 e. The molecule has 0 bridgehead atoms. The summed E-state index contributed by atoms with van der Waals surface area (Å²) >= 11 is 10.7. The molecule has 0 aliphatic carbocycles. The van der Waals surface area contributed by atoms with Crippen LogP contribution in [0.25, 0.3) is 0 Å². The molecule has 1 N–H and O–H groups in total. The van der Waals surface area contributed by atoms with E-state index in [0.717, 1.165) is 0 Å². The molecule has 0 aliphatic heterocycles. The fourth-order valence-corrected chi connectivity index (χ4v) is 1.25. The lowest BCUT2D eigenvalue weighted by molar-refractivity contribution is 0.209. The third kappa shape index (κ3) is 8.80. The minimum atomic E-state index is -1.74. The fraction of sp³-hybridized carbons (Fsp3) is 1.00. The van der Waals surface area contributed by atoms with Crippen LogP contribution in [0.5, 0.6) is 0 Å². The van der Waals surface area contributed by atoms with E-state index in [9.17, 15) is 0 Å². The summed E-state index contributed by atoms with van der Waals surface area (Å²) in [5.74, 6) is 0.886. The summed E-state index contributed by atoms with van der Waals surface area (Å²) < 4.78 is 9.60. The second-order valence-corrected chi connectivity index (χ2v) is 3.38. The quantitative estimate of drug-likeness (QED) is 0.406. The molecule has 0 amide bonds. The van der Waals surface area contributed by atoms with Crippen LogP contribution < -0.4 is 0 Å². The molecule has 0 saturated carbocycles. The predicted molar refractivity (Wildman–Crippen MR) is 47.1 cm³/mol. The van der Waals surface area contributed by atoms with E-state index in [1.54, 1.807) is 0 Å². The summed E-state index contributed by atoms with van der Waals surface area (Å²) in [5, 5.41) is 0. The summed E-state index contributed by atoms with van der Waals surface area (Å²) in [6, 6.07) is 0. The van der Waals surface area contributed by atoms with Gasteiger partial charge in [0.25, 0.3) is 0 Å². The van der Waals surface area contributed by atoms with Crippen molar-refractivity contribution in [2.24, 2.45) is 0 Å². The maximum Gasteiger partial charge on any atom is 0.329 e. The first-order chi connectivity index (χ1) is 5.31. The standard InChI is InChI=1S/C5H11Cl2O3P/c6-2-1-4-9-11(8)10-5-3-7/h8H,1-5H2. The van der Waals surface area contributed by atoms with E-state index in [-0.39, 0.29) is 0 Å². The van der Waals surface area contributed by atoms with Crippen LogP contribution in [-0.2, 0) is 9.05 Å². The average Bonchev–Trinajstić information content (AvgIpc) is 2.01. The summed E-state index contributed by atoms with van der Waals surface area (Å²) in [6.07, 6.45) is 0.713. The zero-order valence-electron chi connectivity index (χ0n) is 6.00. The van der Waals surface area contributed by atoms with Gasteiger partial charge in [-0.05, 0) is 6.42 Å². The van der Waals surface area contributed by atoms with Crippen LogP contribution in [0.15, 0.2) is 0 Å². The largest absolute Gasteiger partial charge is 0.329 e. The number of hydrogen-bond donors (Lipinski definition) is 1. The van der Waals surface area contributed by atoms with E-state index in [1.807, 2.05) is 0 Å². The molecule has 0 aromatic rings. The first-order valence-electron chi connectivity index (χ1n) is 3.18. The van der Waals surface area contributed by atoms with Gasteiger partial charge in [-0.1, -0.05) is 0 Å². The van der Waals surface area contributed by atoms with Gasteiger partial charge in [0, 0.05) is 11.8 Å². The minimum absolute atomic E-state index is 0.310. The van der Waals surface area contributed by atoms with Crippen molar-refractivity contribution in [3.63, 3.8) is 0 Å². The Morgan fingerprint density at radius 2 is 1.73 bits per heavy atom. The Labute approximate surface area is 77.6 Å². The van der Waals surface area contributed by atoms with Gasteiger partial charge >= 0.3 is 8.60 Å². The van der Waals surface area contributed by atoms with Crippen LogP contribution in [0.2, 0.25) is 0 Å². The molecular weight excluding hydrogens is 210 g/mol. The summed E-state index contributed by atoms with van der Waals surface area (Å²) in [4.78, 5) is 8.93. The van der Waals surface area contributed by atoms with Gasteiger partial charge in [-0.25, -0.2) is 0 Å². The Bertz CT molecular complexity index is 86.1. The van der Waals surface area contributed by atoms with Crippen molar-refractivity contribution >= 4 is 31.8 Å². The summed E-state index contributed by atoms with van der Waals surface area (Å²) in [7, 11) is -1.74. The van der Waals surface area contributed by atoms with E-state index in [4.69, 9.17) is 37.1 Å². The van der Waals surface area contributed by atoms with E-state index in [2.05, 4.69) is 0 Å². The monoisotopic (exact) mass is 220 g/mol. The molecule has 68 valence electrons. The van der Waals surface area contributed by atoms with Crippen molar-refractivity contribution in [1.82, 2.24) is 0 Å². The maximum atomic E-state index is 8.93. The molecule has 6 heteroatoms. The molecule has 0 saturated heterocycles. The van der Waals surface area contributed by atoms with Crippen molar-refractivity contribution in [3.05, 3.63) is 0 Å². The molecule has 0 aromatic heterocycles. The molecule has 0 radical (unpaired) electrons. The number of rotatable bonds is 7. The Hall–Kier alpha value is 0.890. The van der Waals surface area contributed by atoms with Gasteiger partial charge in [-0.3, -0.25) is 0 Å².